The summed E-state index contributed by atoms with van der Waals surface area (Å²) in [5.41, 5.74) is 2.02. The molecule has 5 heteroatoms. The van der Waals surface area contributed by atoms with E-state index in [1.54, 1.807) is 6.07 Å². The van der Waals surface area contributed by atoms with Crippen LogP contribution in [0.2, 0.25) is 0 Å². The predicted molar refractivity (Wildman–Crippen MR) is 104 cm³/mol. The maximum atomic E-state index is 12.8. The van der Waals surface area contributed by atoms with Gasteiger partial charge in [0.05, 0.1) is 19.0 Å². The Morgan fingerprint density at radius 3 is 2.48 bits per heavy atom. The van der Waals surface area contributed by atoms with Crippen LogP contribution in [0.15, 0.2) is 47.3 Å². The number of ether oxygens (including phenoxy) is 1. The first-order valence-corrected chi connectivity index (χ1v) is 9.80. The summed E-state index contributed by atoms with van der Waals surface area (Å²) < 4.78 is 7.82. The van der Waals surface area contributed by atoms with Crippen molar-refractivity contribution in [2.24, 2.45) is 0 Å². The Balaban J connectivity index is 1.37. The van der Waals surface area contributed by atoms with Crippen LogP contribution in [0.25, 0.3) is 0 Å². The number of hydrogen-bond acceptors (Lipinski definition) is 3. The monoisotopic (exact) mass is 366 g/mol. The first kappa shape index (κ1) is 17.8. The fraction of sp³-hybridized carbons (Fsp3) is 0.455. The number of rotatable bonds is 6. The van der Waals surface area contributed by atoms with Crippen molar-refractivity contribution in [3.05, 3.63) is 64.1 Å². The number of hydrogen-bond donors (Lipinski definition) is 0. The molecule has 5 nitrogen and oxygen atoms in total. The van der Waals surface area contributed by atoms with Gasteiger partial charge in [0.2, 0.25) is 5.91 Å². The molecule has 1 aromatic heterocycles. The number of aryl methyl sites for hydroxylation is 1. The van der Waals surface area contributed by atoms with Crippen molar-refractivity contribution < 1.29 is 9.53 Å². The Morgan fingerprint density at radius 2 is 1.89 bits per heavy atom. The highest BCUT2D eigenvalue weighted by atomic mass is 16.5. The lowest BCUT2D eigenvalue weighted by molar-refractivity contribution is -0.141. The van der Waals surface area contributed by atoms with E-state index < -0.39 is 0 Å². The third kappa shape index (κ3) is 3.64. The van der Waals surface area contributed by atoms with Crippen LogP contribution in [0.5, 0.6) is 5.75 Å². The van der Waals surface area contributed by atoms with E-state index in [2.05, 4.69) is 0 Å². The van der Waals surface area contributed by atoms with Crippen LogP contribution in [-0.4, -0.2) is 34.6 Å². The van der Waals surface area contributed by atoms with Gasteiger partial charge in [0.15, 0.2) is 0 Å². The van der Waals surface area contributed by atoms with E-state index in [9.17, 15) is 9.59 Å². The molecule has 1 unspecified atom stereocenters. The highest BCUT2D eigenvalue weighted by Gasteiger charge is 2.36. The molecule has 1 aliphatic heterocycles. The number of likely N-dealkylation sites (tertiary alicyclic amines) is 1. The lowest BCUT2D eigenvalue weighted by atomic mass is 9.93. The molecule has 1 saturated heterocycles. The van der Waals surface area contributed by atoms with Crippen molar-refractivity contribution in [1.82, 2.24) is 9.47 Å². The molecule has 2 heterocycles. The quantitative estimate of drug-likeness (QED) is 0.788. The van der Waals surface area contributed by atoms with E-state index in [1.807, 2.05) is 59.7 Å². The van der Waals surface area contributed by atoms with Crippen LogP contribution in [0.1, 0.15) is 49.4 Å². The number of benzene rings is 1. The van der Waals surface area contributed by atoms with Crippen LogP contribution < -0.4 is 10.3 Å². The highest BCUT2D eigenvalue weighted by molar-refractivity contribution is 5.84. The van der Waals surface area contributed by atoms with Gasteiger partial charge >= 0.3 is 0 Å². The summed E-state index contributed by atoms with van der Waals surface area (Å²) in [5, 5.41) is 0. The molecule has 0 N–H and O–H groups in total. The van der Waals surface area contributed by atoms with E-state index in [0.29, 0.717) is 24.9 Å². The summed E-state index contributed by atoms with van der Waals surface area (Å²) in [7, 11) is 0. The molecular weight excluding hydrogens is 340 g/mol. The summed E-state index contributed by atoms with van der Waals surface area (Å²) in [6.45, 7) is 5.15. The van der Waals surface area contributed by atoms with E-state index in [0.717, 1.165) is 30.5 Å². The zero-order chi connectivity index (χ0) is 19.0. The average molecular weight is 366 g/mol. The number of carbonyl (C=O) groups excluding carboxylic acids is 1. The zero-order valence-corrected chi connectivity index (χ0v) is 15.9. The number of amides is 1. The largest absolute Gasteiger partial charge is 0.486 e. The smallest absolute Gasteiger partial charge is 0.254 e. The zero-order valence-electron chi connectivity index (χ0n) is 15.9. The van der Waals surface area contributed by atoms with Crippen LogP contribution >= 0.6 is 0 Å². The van der Waals surface area contributed by atoms with Crippen molar-refractivity contribution >= 4 is 5.91 Å². The average Bonchev–Trinajstić information content (AvgIpc) is 3.43. The van der Waals surface area contributed by atoms with Crippen LogP contribution in [-0.2, 0) is 4.79 Å². The standard InChI is InChI=1S/C22H26N2O3/c1-3-20(16-7-5-4-6-8-16)22(26)23-13-19(14-23)27-18-11-15(2)24(17-9-10-17)21(25)12-18/h4-8,11-12,17,19-20H,3,9-10,13-14H2,1-2H3. The molecule has 4 rings (SSSR count). The SMILES string of the molecule is CCC(C(=O)N1CC(Oc2cc(C)n(C3CC3)c(=O)c2)C1)c1ccccc1. The van der Waals surface area contributed by atoms with Crippen molar-refractivity contribution in [2.75, 3.05) is 13.1 Å². The van der Waals surface area contributed by atoms with Crippen molar-refractivity contribution in [3.63, 3.8) is 0 Å². The summed E-state index contributed by atoms with van der Waals surface area (Å²) in [5.74, 6) is 0.669. The van der Waals surface area contributed by atoms with Gasteiger partial charge < -0.3 is 14.2 Å². The topological polar surface area (TPSA) is 51.5 Å². The second-order valence-corrected chi connectivity index (χ2v) is 7.63. The Bertz CT molecular complexity index is 880. The Hall–Kier alpha value is -2.56. The summed E-state index contributed by atoms with van der Waals surface area (Å²) in [4.78, 5) is 27.0. The van der Waals surface area contributed by atoms with Crippen molar-refractivity contribution in [3.8, 4) is 5.75 Å². The molecule has 1 aliphatic carbocycles. The number of nitrogens with zero attached hydrogens (tertiary/aromatic N) is 2. The van der Waals surface area contributed by atoms with Crippen molar-refractivity contribution in [2.45, 2.75) is 51.2 Å². The Labute approximate surface area is 159 Å². The van der Waals surface area contributed by atoms with E-state index in [-0.39, 0.29) is 23.5 Å². The van der Waals surface area contributed by atoms with Crippen LogP contribution in [0, 0.1) is 6.92 Å². The first-order chi connectivity index (χ1) is 13.1. The third-order valence-electron chi connectivity index (χ3n) is 5.52. The van der Waals surface area contributed by atoms with Gasteiger partial charge in [-0.05, 0) is 37.8 Å². The molecule has 27 heavy (non-hydrogen) atoms. The summed E-state index contributed by atoms with van der Waals surface area (Å²) >= 11 is 0. The van der Waals surface area contributed by atoms with Crippen LogP contribution in [0.4, 0.5) is 0 Å². The molecule has 2 aromatic rings. The number of carbonyl (C=O) groups is 1. The molecular formula is C22H26N2O3. The molecule has 142 valence electrons. The summed E-state index contributed by atoms with van der Waals surface area (Å²) in [6.07, 6.45) is 2.91. The molecule has 0 spiro atoms. The minimum atomic E-state index is -0.100. The van der Waals surface area contributed by atoms with Gasteiger partial charge in [0.25, 0.3) is 5.56 Å². The molecule has 0 radical (unpaired) electrons. The maximum Gasteiger partial charge on any atom is 0.254 e. The van der Waals surface area contributed by atoms with E-state index >= 15 is 0 Å². The molecule has 0 bridgehead atoms. The highest BCUT2D eigenvalue weighted by Crippen LogP contribution is 2.35. The van der Waals surface area contributed by atoms with Gasteiger partial charge in [0, 0.05) is 17.8 Å². The molecule has 1 amide bonds. The number of aromatic nitrogens is 1. The van der Waals surface area contributed by atoms with Crippen LogP contribution in [0.3, 0.4) is 0 Å². The minimum absolute atomic E-state index is 0.00915. The van der Waals surface area contributed by atoms with Gasteiger partial charge in [-0.25, -0.2) is 0 Å². The fourth-order valence-electron chi connectivity index (χ4n) is 3.89. The van der Waals surface area contributed by atoms with Gasteiger partial charge in [-0.15, -0.1) is 0 Å². The summed E-state index contributed by atoms with van der Waals surface area (Å²) in [6, 6.07) is 13.8. The molecule has 2 aliphatic rings. The van der Waals surface area contributed by atoms with Gasteiger partial charge in [0.1, 0.15) is 11.9 Å². The molecule has 1 saturated carbocycles. The molecule has 2 fully saturated rings. The maximum absolute atomic E-state index is 12.8. The normalized spacial score (nSPS) is 18.1. The van der Waals surface area contributed by atoms with Gasteiger partial charge in [-0.1, -0.05) is 37.3 Å². The second-order valence-electron chi connectivity index (χ2n) is 7.63. The predicted octanol–water partition coefficient (Wildman–Crippen LogP) is 3.28. The van der Waals surface area contributed by atoms with Gasteiger partial charge in [-0.3, -0.25) is 9.59 Å². The molecule has 1 aromatic carbocycles. The lowest BCUT2D eigenvalue weighted by Crippen LogP contribution is -2.57. The number of pyridine rings is 1. The van der Waals surface area contributed by atoms with Crippen molar-refractivity contribution in [1.29, 1.82) is 0 Å². The third-order valence-corrected chi connectivity index (χ3v) is 5.52. The Morgan fingerprint density at radius 1 is 1.19 bits per heavy atom. The molecule has 1 atom stereocenters. The minimum Gasteiger partial charge on any atom is -0.486 e. The Kier molecular flexibility index (Phi) is 4.77. The second kappa shape index (κ2) is 7.22. The van der Waals surface area contributed by atoms with E-state index in [1.165, 1.54) is 0 Å². The first-order valence-electron chi connectivity index (χ1n) is 9.80. The van der Waals surface area contributed by atoms with E-state index in [4.69, 9.17) is 4.74 Å². The van der Waals surface area contributed by atoms with Gasteiger partial charge in [-0.2, -0.15) is 0 Å². The fourth-order valence-corrected chi connectivity index (χ4v) is 3.89. The lowest BCUT2D eigenvalue weighted by Gasteiger charge is -2.40.